The first-order valence-corrected chi connectivity index (χ1v) is 9.07. The topological polar surface area (TPSA) is 90.2 Å². The summed E-state index contributed by atoms with van der Waals surface area (Å²) in [6.45, 7) is 0. The lowest BCUT2D eigenvalue weighted by molar-refractivity contribution is -0.645. The van der Waals surface area contributed by atoms with Crippen LogP contribution in [-0.4, -0.2) is 25.8 Å². The first-order valence-electron chi connectivity index (χ1n) is 6.54. The van der Waals surface area contributed by atoms with Crippen molar-refractivity contribution in [1.29, 1.82) is 0 Å². The van der Waals surface area contributed by atoms with Crippen LogP contribution in [0.1, 0.15) is 0 Å². The van der Waals surface area contributed by atoms with E-state index in [2.05, 4.69) is 5.32 Å². The van der Waals surface area contributed by atoms with E-state index in [1.165, 1.54) is 36.5 Å². The van der Waals surface area contributed by atoms with Gasteiger partial charge in [0.2, 0.25) is 15.7 Å². The van der Waals surface area contributed by atoms with E-state index in [-0.39, 0.29) is 16.5 Å². The van der Waals surface area contributed by atoms with Crippen molar-refractivity contribution in [3.63, 3.8) is 0 Å². The van der Waals surface area contributed by atoms with Gasteiger partial charge < -0.3 is 10.5 Å². The van der Waals surface area contributed by atoms with E-state index in [0.29, 0.717) is 4.73 Å². The molecule has 0 bridgehead atoms. The third kappa shape index (κ3) is 4.20. The van der Waals surface area contributed by atoms with Crippen molar-refractivity contribution in [2.24, 2.45) is 0 Å². The highest BCUT2D eigenvalue weighted by Crippen LogP contribution is 2.26. The number of nitrogens with one attached hydrogen (secondary N) is 1. The van der Waals surface area contributed by atoms with Gasteiger partial charge in [-0.2, -0.15) is 13.5 Å². The van der Waals surface area contributed by atoms with Crippen molar-refractivity contribution in [1.82, 2.24) is 0 Å². The van der Waals surface area contributed by atoms with Crippen molar-refractivity contribution in [3.8, 4) is 0 Å². The molecule has 1 N–H and O–H groups in total. The second-order valence-corrected chi connectivity index (χ2v) is 7.39. The molecule has 0 saturated carbocycles. The number of halogens is 2. The fourth-order valence-electron chi connectivity index (χ4n) is 1.76. The van der Waals surface area contributed by atoms with Crippen LogP contribution in [0.4, 0.5) is 14.5 Å². The molecule has 0 atom stereocenters. The third-order valence-corrected chi connectivity index (χ3v) is 5.30. The van der Waals surface area contributed by atoms with Gasteiger partial charge in [0.25, 0.3) is 5.03 Å². The molecule has 2 aromatic rings. The number of amides is 1. The minimum atomic E-state index is -4.84. The molecular formula is C14H12F2N2O4S2. The SMILES string of the molecule is O=C(CSc1cccc[n+]1[O-])Nc1ccccc1S(=O)(=O)C(F)F. The molecule has 24 heavy (non-hydrogen) atoms. The molecule has 10 heteroatoms. The summed E-state index contributed by atoms with van der Waals surface area (Å²) in [5, 5.41) is 14.0. The van der Waals surface area contributed by atoms with Crippen molar-refractivity contribution in [2.75, 3.05) is 11.1 Å². The summed E-state index contributed by atoms with van der Waals surface area (Å²) >= 11 is 0.935. The molecule has 0 spiro atoms. The van der Waals surface area contributed by atoms with Crippen LogP contribution in [0.3, 0.4) is 0 Å². The van der Waals surface area contributed by atoms with Crippen molar-refractivity contribution in [3.05, 3.63) is 53.9 Å². The van der Waals surface area contributed by atoms with Crippen LogP contribution in [-0.2, 0) is 14.6 Å². The predicted molar refractivity (Wildman–Crippen MR) is 84.4 cm³/mol. The van der Waals surface area contributed by atoms with Gasteiger partial charge in [-0.25, -0.2) is 8.42 Å². The Morgan fingerprint density at radius 2 is 1.88 bits per heavy atom. The Kier molecular flexibility index (Phi) is 5.73. The Morgan fingerprint density at radius 3 is 2.54 bits per heavy atom. The number of carbonyl (C=O) groups excluding carboxylic acids is 1. The lowest BCUT2D eigenvalue weighted by Gasteiger charge is -2.11. The number of nitrogens with zero attached hydrogens (tertiary/aromatic N) is 1. The number of sulfone groups is 1. The minimum absolute atomic E-state index is 0.185. The monoisotopic (exact) mass is 374 g/mol. The highest BCUT2D eigenvalue weighted by atomic mass is 32.2. The van der Waals surface area contributed by atoms with Gasteiger partial charge in [0.05, 0.1) is 16.3 Å². The maximum absolute atomic E-state index is 12.7. The van der Waals surface area contributed by atoms with Crippen LogP contribution in [0.5, 0.6) is 0 Å². The molecule has 0 unspecified atom stereocenters. The van der Waals surface area contributed by atoms with Crippen LogP contribution >= 0.6 is 11.8 Å². The molecule has 0 aliphatic rings. The second-order valence-electron chi connectivity index (χ2n) is 4.50. The fraction of sp³-hybridized carbons (Fsp3) is 0.143. The van der Waals surface area contributed by atoms with Crippen LogP contribution < -0.4 is 10.0 Å². The highest BCUT2D eigenvalue weighted by Gasteiger charge is 2.29. The number of rotatable bonds is 6. The number of thioether (sulfide) groups is 1. The number of hydrogen-bond donors (Lipinski definition) is 1. The molecule has 1 amide bonds. The van der Waals surface area contributed by atoms with Gasteiger partial charge in [0.15, 0.2) is 6.20 Å². The second kappa shape index (κ2) is 7.58. The predicted octanol–water partition coefficient (Wildman–Crippen LogP) is 2.05. The smallest absolute Gasteiger partial charge is 0.341 e. The zero-order valence-electron chi connectivity index (χ0n) is 12.1. The van der Waals surface area contributed by atoms with E-state index < -0.39 is 26.4 Å². The molecule has 128 valence electrons. The van der Waals surface area contributed by atoms with E-state index in [9.17, 15) is 27.2 Å². The zero-order valence-corrected chi connectivity index (χ0v) is 13.7. The van der Waals surface area contributed by atoms with Gasteiger partial charge in [-0.15, -0.1) is 0 Å². The summed E-state index contributed by atoms with van der Waals surface area (Å²) in [5.74, 6) is -4.40. The number of para-hydroxylation sites is 1. The van der Waals surface area contributed by atoms with Crippen LogP contribution in [0.25, 0.3) is 0 Å². The molecule has 0 radical (unpaired) electrons. The van der Waals surface area contributed by atoms with E-state index in [1.807, 2.05) is 0 Å². The summed E-state index contributed by atoms with van der Waals surface area (Å²) in [6, 6.07) is 9.57. The summed E-state index contributed by atoms with van der Waals surface area (Å²) in [5.41, 5.74) is -0.230. The Labute approximate surface area is 141 Å². The van der Waals surface area contributed by atoms with E-state index >= 15 is 0 Å². The summed E-state index contributed by atoms with van der Waals surface area (Å²) in [6.07, 6.45) is 1.27. The standard InChI is InChI=1S/C14H12F2N2O4S2/c15-14(16)24(21,22)11-6-2-1-5-10(11)17-12(19)9-23-13-7-3-4-8-18(13)20/h1-8,14H,9H2,(H,17,19). The molecule has 0 aliphatic heterocycles. The van der Waals surface area contributed by atoms with Gasteiger partial charge in [-0.05, 0) is 30.0 Å². The lowest BCUT2D eigenvalue weighted by atomic mass is 10.3. The van der Waals surface area contributed by atoms with Crippen LogP contribution in [0, 0.1) is 5.21 Å². The number of anilines is 1. The molecule has 1 aromatic heterocycles. The average Bonchev–Trinajstić information content (AvgIpc) is 2.54. The zero-order chi connectivity index (χ0) is 17.7. The Bertz CT molecular complexity index is 844. The van der Waals surface area contributed by atoms with E-state index in [0.717, 1.165) is 17.8 Å². The fourth-order valence-corrected chi connectivity index (χ4v) is 3.36. The van der Waals surface area contributed by atoms with Gasteiger partial charge in [0, 0.05) is 12.1 Å². The summed E-state index contributed by atoms with van der Waals surface area (Å²) < 4.78 is 49.2. The van der Waals surface area contributed by atoms with Crippen LogP contribution in [0.15, 0.2) is 58.6 Å². The van der Waals surface area contributed by atoms with Gasteiger partial charge >= 0.3 is 5.76 Å². The molecule has 0 aliphatic carbocycles. The Balaban J connectivity index is 2.12. The highest BCUT2D eigenvalue weighted by molar-refractivity contribution is 7.99. The van der Waals surface area contributed by atoms with Crippen molar-refractivity contribution in [2.45, 2.75) is 15.7 Å². The quantitative estimate of drug-likeness (QED) is 0.475. The number of alkyl halides is 2. The number of carbonyl (C=O) groups is 1. The molecule has 0 fully saturated rings. The van der Waals surface area contributed by atoms with Gasteiger partial charge in [-0.3, -0.25) is 4.79 Å². The Morgan fingerprint density at radius 1 is 1.21 bits per heavy atom. The van der Waals surface area contributed by atoms with Crippen molar-refractivity contribution < 1.29 is 26.7 Å². The third-order valence-electron chi connectivity index (χ3n) is 2.84. The van der Waals surface area contributed by atoms with Gasteiger partial charge in [0.1, 0.15) is 0 Å². The van der Waals surface area contributed by atoms with Crippen LogP contribution in [0.2, 0.25) is 0 Å². The molecule has 0 saturated heterocycles. The minimum Gasteiger partial charge on any atom is -0.618 e. The number of benzene rings is 1. The maximum atomic E-state index is 12.7. The molecular weight excluding hydrogens is 362 g/mol. The van der Waals surface area contributed by atoms with Gasteiger partial charge in [-0.1, -0.05) is 12.1 Å². The van der Waals surface area contributed by atoms with Crippen molar-refractivity contribution >= 4 is 33.2 Å². The normalized spacial score (nSPS) is 11.5. The molecule has 2 rings (SSSR count). The average molecular weight is 374 g/mol. The van der Waals surface area contributed by atoms with E-state index in [4.69, 9.17) is 0 Å². The largest absolute Gasteiger partial charge is 0.618 e. The maximum Gasteiger partial charge on any atom is 0.341 e. The molecule has 1 aromatic carbocycles. The first-order chi connectivity index (χ1) is 11.3. The summed E-state index contributed by atoms with van der Waals surface area (Å²) in [7, 11) is -4.84. The first kappa shape index (κ1) is 18.1. The molecule has 1 heterocycles. The lowest BCUT2D eigenvalue weighted by Crippen LogP contribution is -2.28. The molecule has 6 nitrogen and oxygen atoms in total. The number of pyridine rings is 1. The van der Waals surface area contributed by atoms with E-state index in [1.54, 1.807) is 6.07 Å². The Hall–Kier alpha value is -2.20. The number of hydrogen-bond acceptors (Lipinski definition) is 5. The summed E-state index contributed by atoms with van der Waals surface area (Å²) in [4.78, 5) is 11.3. The number of aromatic nitrogens is 1.